The molecule has 0 aromatic heterocycles. The molecule has 0 radical (unpaired) electrons. The number of methoxy groups -OCH3 is 1. The maximum Gasteiger partial charge on any atom is 0.308 e. The lowest BCUT2D eigenvalue weighted by atomic mass is 10.2. The van der Waals surface area contributed by atoms with Crippen molar-refractivity contribution in [3.8, 4) is 6.07 Å². The van der Waals surface area contributed by atoms with Crippen LogP contribution in [0.15, 0.2) is 0 Å². The molecule has 1 saturated heterocycles. The van der Waals surface area contributed by atoms with Crippen LogP contribution in [0.4, 0.5) is 0 Å². The average Bonchev–Trinajstić information content (AvgIpc) is 2.39. The number of nitriles is 1. The summed E-state index contributed by atoms with van der Waals surface area (Å²) in [5.74, 6) is 0.238. The van der Waals surface area contributed by atoms with Crippen molar-refractivity contribution in [3.63, 3.8) is 0 Å². The van der Waals surface area contributed by atoms with E-state index in [1.165, 1.54) is 18.9 Å². The van der Waals surface area contributed by atoms with Gasteiger partial charge in [-0.25, -0.2) is 0 Å². The highest BCUT2D eigenvalue weighted by atomic mass is 32.2. The van der Waals surface area contributed by atoms with Gasteiger partial charge in [-0.15, -0.1) is 11.8 Å². The Labute approximate surface area is 110 Å². The number of thioether (sulfide) groups is 1. The molecule has 6 nitrogen and oxygen atoms in total. The summed E-state index contributed by atoms with van der Waals surface area (Å²) in [5, 5.41) is 8.39. The molecule has 0 aromatic carbocycles. The van der Waals surface area contributed by atoms with Crippen molar-refractivity contribution in [1.29, 1.82) is 5.26 Å². The smallest absolute Gasteiger partial charge is 0.308 e. The second-order valence-corrected chi connectivity index (χ2v) is 4.75. The van der Waals surface area contributed by atoms with Crippen LogP contribution in [0.5, 0.6) is 0 Å². The lowest BCUT2D eigenvalue weighted by Gasteiger charge is -2.32. The number of hydrogen-bond acceptors (Lipinski definition) is 6. The predicted molar refractivity (Wildman–Crippen MR) is 65.9 cm³/mol. The first-order valence-electron chi connectivity index (χ1n) is 5.58. The van der Waals surface area contributed by atoms with Crippen LogP contribution in [-0.4, -0.2) is 61.2 Å². The van der Waals surface area contributed by atoms with Crippen molar-refractivity contribution in [2.24, 2.45) is 0 Å². The molecule has 0 aromatic rings. The molecule has 7 heteroatoms. The number of hydrogen-bond donors (Lipinski definition) is 0. The van der Waals surface area contributed by atoms with Gasteiger partial charge in [-0.1, -0.05) is 0 Å². The monoisotopic (exact) mass is 272 g/mol. The molecule has 0 spiro atoms. The van der Waals surface area contributed by atoms with Gasteiger partial charge in [0, 0.05) is 13.1 Å². The molecule has 0 N–H and O–H groups in total. The predicted octanol–water partition coefficient (Wildman–Crippen LogP) is 0.0337. The zero-order valence-electron chi connectivity index (χ0n) is 10.3. The summed E-state index contributed by atoms with van der Waals surface area (Å²) in [5.41, 5.74) is 0. The molecule has 1 amide bonds. The van der Waals surface area contributed by atoms with E-state index in [-0.39, 0.29) is 24.4 Å². The molecule has 1 aliphatic rings. The van der Waals surface area contributed by atoms with Crippen molar-refractivity contribution in [2.45, 2.75) is 12.5 Å². The fourth-order valence-corrected chi connectivity index (χ4v) is 2.16. The number of esters is 1. The first-order chi connectivity index (χ1) is 8.67. The fourth-order valence-electron chi connectivity index (χ4n) is 1.61. The minimum absolute atomic E-state index is 0.0200. The third-order valence-corrected chi connectivity index (χ3v) is 3.29. The standard InChI is InChI=1S/C11H16N2O4S/c1-16-11(15)6-9-7-13(3-4-17-9)10(14)8-18-5-2-12/h9H,3-8H2,1H3. The zero-order valence-corrected chi connectivity index (χ0v) is 11.1. The minimum atomic E-state index is -0.340. The van der Waals surface area contributed by atoms with Crippen LogP contribution >= 0.6 is 11.8 Å². The first kappa shape index (κ1) is 14.8. The van der Waals surface area contributed by atoms with Gasteiger partial charge in [0.25, 0.3) is 0 Å². The topological polar surface area (TPSA) is 79.6 Å². The SMILES string of the molecule is COC(=O)CC1CN(C(=O)CSCC#N)CCO1. The van der Waals surface area contributed by atoms with E-state index in [9.17, 15) is 9.59 Å². The van der Waals surface area contributed by atoms with E-state index >= 15 is 0 Å². The van der Waals surface area contributed by atoms with E-state index in [0.717, 1.165) is 0 Å². The second kappa shape index (κ2) is 7.95. The molecule has 100 valence electrons. The van der Waals surface area contributed by atoms with E-state index in [1.807, 2.05) is 6.07 Å². The van der Waals surface area contributed by atoms with Gasteiger partial charge >= 0.3 is 5.97 Å². The van der Waals surface area contributed by atoms with Gasteiger partial charge in [0.05, 0.1) is 43.8 Å². The van der Waals surface area contributed by atoms with Gasteiger partial charge in [-0.2, -0.15) is 5.26 Å². The van der Waals surface area contributed by atoms with E-state index in [0.29, 0.717) is 31.2 Å². The summed E-state index contributed by atoms with van der Waals surface area (Å²) in [4.78, 5) is 24.6. The van der Waals surface area contributed by atoms with E-state index in [4.69, 9.17) is 10.00 Å². The summed E-state index contributed by atoms with van der Waals surface area (Å²) in [7, 11) is 1.33. The molecule has 1 aliphatic heterocycles. The molecule has 1 unspecified atom stereocenters. The Morgan fingerprint density at radius 1 is 1.61 bits per heavy atom. The van der Waals surface area contributed by atoms with E-state index < -0.39 is 0 Å². The van der Waals surface area contributed by atoms with Crippen LogP contribution in [0.1, 0.15) is 6.42 Å². The Morgan fingerprint density at radius 2 is 2.39 bits per heavy atom. The number of carbonyl (C=O) groups is 2. The van der Waals surface area contributed by atoms with Crippen molar-refractivity contribution in [3.05, 3.63) is 0 Å². The molecule has 1 heterocycles. The summed E-state index contributed by atoms with van der Waals surface area (Å²) in [6, 6.07) is 1.97. The van der Waals surface area contributed by atoms with Gasteiger partial charge in [-0.3, -0.25) is 9.59 Å². The Bertz CT molecular complexity index is 342. The molecule has 1 fully saturated rings. The molecule has 0 bridgehead atoms. The summed E-state index contributed by atoms with van der Waals surface area (Å²) in [6.45, 7) is 1.36. The molecule has 0 saturated carbocycles. The molecular weight excluding hydrogens is 256 g/mol. The van der Waals surface area contributed by atoms with E-state index in [1.54, 1.807) is 4.90 Å². The second-order valence-electron chi connectivity index (χ2n) is 3.76. The zero-order chi connectivity index (χ0) is 13.4. The highest BCUT2D eigenvalue weighted by Crippen LogP contribution is 2.11. The number of amides is 1. The van der Waals surface area contributed by atoms with Gasteiger partial charge in [0.1, 0.15) is 0 Å². The lowest BCUT2D eigenvalue weighted by Crippen LogP contribution is -2.47. The summed E-state index contributed by atoms with van der Waals surface area (Å²) >= 11 is 1.29. The minimum Gasteiger partial charge on any atom is -0.469 e. The Morgan fingerprint density at radius 3 is 3.06 bits per heavy atom. The van der Waals surface area contributed by atoms with Gasteiger partial charge < -0.3 is 14.4 Å². The van der Waals surface area contributed by atoms with Crippen LogP contribution in [-0.2, 0) is 19.1 Å². The summed E-state index contributed by atoms with van der Waals surface area (Å²) < 4.78 is 9.97. The van der Waals surface area contributed by atoms with Gasteiger partial charge in [0.15, 0.2) is 0 Å². The van der Waals surface area contributed by atoms with Crippen LogP contribution < -0.4 is 0 Å². The number of nitrogens with zero attached hydrogens (tertiary/aromatic N) is 2. The lowest BCUT2D eigenvalue weighted by molar-refractivity contribution is -0.149. The van der Waals surface area contributed by atoms with Crippen LogP contribution in [0.3, 0.4) is 0 Å². The van der Waals surface area contributed by atoms with Crippen molar-refractivity contribution in [2.75, 3.05) is 38.3 Å². The average molecular weight is 272 g/mol. The van der Waals surface area contributed by atoms with Crippen molar-refractivity contribution in [1.82, 2.24) is 4.90 Å². The third-order valence-electron chi connectivity index (χ3n) is 2.51. The van der Waals surface area contributed by atoms with Gasteiger partial charge in [-0.05, 0) is 0 Å². The molecule has 1 atom stereocenters. The first-order valence-corrected chi connectivity index (χ1v) is 6.73. The number of rotatable bonds is 5. The molecule has 1 rings (SSSR count). The number of carbonyl (C=O) groups excluding carboxylic acids is 2. The van der Waals surface area contributed by atoms with Crippen LogP contribution in [0.25, 0.3) is 0 Å². The maximum absolute atomic E-state index is 11.8. The highest BCUT2D eigenvalue weighted by molar-refractivity contribution is 8.00. The fraction of sp³-hybridized carbons (Fsp3) is 0.727. The third kappa shape index (κ3) is 4.94. The van der Waals surface area contributed by atoms with Crippen molar-refractivity contribution < 1.29 is 19.1 Å². The maximum atomic E-state index is 11.8. The molecule has 18 heavy (non-hydrogen) atoms. The summed E-state index contributed by atoms with van der Waals surface area (Å²) in [6.07, 6.45) is -0.137. The van der Waals surface area contributed by atoms with Gasteiger partial charge in [0.2, 0.25) is 5.91 Å². The normalized spacial score (nSPS) is 19.1. The van der Waals surface area contributed by atoms with E-state index in [2.05, 4.69) is 4.74 Å². The number of ether oxygens (including phenoxy) is 2. The molecular formula is C11H16N2O4S. The Hall–Kier alpha value is -1.26. The largest absolute Gasteiger partial charge is 0.469 e. The Kier molecular flexibility index (Phi) is 6.54. The molecule has 0 aliphatic carbocycles. The van der Waals surface area contributed by atoms with Crippen LogP contribution in [0, 0.1) is 11.3 Å². The number of morpholine rings is 1. The Balaban J connectivity index is 2.36. The highest BCUT2D eigenvalue weighted by Gasteiger charge is 2.25. The quantitative estimate of drug-likeness (QED) is 0.519. The van der Waals surface area contributed by atoms with Crippen LogP contribution in [0.2, 0.25) is 0 Å². The van der Waals surface area contributed by atoms with Crippen molar-refractivity contribution >= 4 is 23.6 Å².